The topological polar surface area (TPSA) is 69.6 Å². The van der Waals surface area contributed by atoms with Crippen LogP contribution in [0.4, 0.5) is 5.69 Å². The van der Waals surface area contributed by atoms with E-state index in [0.29, 0.717) is 6.54 Å². The van der Waals surface area contributed by atoms with Crippen LogP contribution in [-0.4, -0.2) is 23.6 Å². The number of carbonyl (C=O) groups excluding carboxylic acids is 2. The van der Waals surface area contributed by atoms with E-state index in [1.54, 1.807) is 11.0 Å². The summed E-state index contributed by atoms with van der Waals surface area (Å²) in [4.78, 5) is 24.8. The average Bonchev–Trinajstić information content (AvgIpc) is 2.76. The lowest BCUT2D eigenvalue weighted by Crippen LogP contribution is -2.26. The van der Waals surface area contributed by atoms with E-state index < -0.39 is 5.91 Å². The van der Waals surface area contributed by atoms with Gasteiger partial charge in [0.25, 0.3) is 5.91 Å². The zero-order valence-corrected chi connectivity index (χ0v) is 10.7. The highest BCUT2D eigenvalue weighted by Gasteiger charge is 2.29. The Bertz CT molecular complexity index is 525. The molecule has 0 saturated carbocycles. The van der Waals surface area contributed by atoms with Gasteiger partial charge in [-0.05, 0) is 24.1 Å². The zero-order valence-electron chi connectivity index (χ0n) is 10.7. The highest BCUT2D eigenvalue weighted by molar-refractivity contribution is 5.99. The van der Waals surface area contributed by atoms with Crippen molar-refractivity contribution in [3.63, 3.8) is 0 Å². The first-order valence-corrected chi connectivity index (χ1v) is 6.16. The third-order valence-corrected chi connectivity index (χ3v) is 3.23. The number of carbonyl (C=O) groups is 2. The molecule has 1 saturated heterocycles. The second kappa shape index (κ2) is 5.67. The summed E-state index contributed by atoms with van der Waals surface area (Å²) >= 11 is 0. The second-order valence-corrected chi connectivity index (χ2v) is 4.55. The van der Waals surface area contributed by atoms with Gasteiger partial charge in [-0.25, -0.2) is 5.48 Å². The fourth-order valence-electron chi connectivity index (χ4n) is 2.14. The van der Waals surface area contributed by atoms with E-state index in [2.05, 4.69) is 0 Å². The normalized spacial score (nSPS) is 19.2. The highest BCUT2D eigenvalue weighted by atomic mass is 16.5. The van der Waals surface area contributed by atoms with Crippen LogP contribution in [0, 0.1) is 5.92 Å². The molecule has 2 amide bonds. The summed E-state index contributed by atoms with van der Waals surface area (Å²) in [7, 11) is 0. The van der Waals surface area contributed by atoms with Crippen LogP contribution < -0.4 is 10.4 Å². The van der Waals surface area contributed by atoms with Gasteiger partial charge in [0.2, 0.25) is 5.91 Å². The molecule has 0 aliphatic carbocycles. The lowest BCUT2D eigenvalue weighted by molar-refractivity contribution is -0.124. The standard InChI is InChI=1S/C14H16N2O3/c1-10-8-9-16(14(10)18)12-5-3-2-4-11(12)6-7-13(17)15-19/h2-7,10,19H,8-9H2,1H3,(H,15,17)/b7-6+/t10-/m1/s1. The number of nitrogens with zero attached hydrogens (tertiary/aromatic N) is 1. The summed E-state index contributed by atoms with van der Waals surface area (Å²) in [6.07, 6.45) is 3.65. The van der Waals surface area contributed by atoms with Crippen LogP contribution in [0.25, 0.3) is 6.08 Å². The number of hydroxylamine groups is 1. The van der Waals surface area contributed by atoms with Gasteiger partial charge in [0.15, 0.2) is 0 Å². The number of benzene rings is 1. The summed E-state index contributed by atoms with van der Waals surface area (Å²) in [5, 5.41) is 8.46. The van der Waals surface area contributed by atoms with Crippen LogP contribution in [0.1, 0.15) is 18.9 Å². The Morgan fingerprint density at radius 1 is 1.47 bits per heavy atom. The maximum Gasteiger partial charge on any atom is 0.267 e. The lowest BCUT2D eigenvalue weighted by Gasteiger charge is -2.18. The van der Waals surface area contributed by atoms with Crippen LogP contribution in [0.2, 0.25) is 0 Å². The molecule has 2 rings (SSSR count). The summed E-state index contributed by atoms with van der Waals surface area (Å²) < 4.78 is 0. The van der Waals surface area contributed by atoms with E-state index in [0.717, 1.165) is 17.7 Å². The molecule has 0 radical (unpaired) electrons. The third kappa shape index (κ3) is 2.82. The number of amides is 2. The van der Waals surface area contributed by atoms with Gasteiger partial charge >= 0.3 is 0 Å². The first-order valence-electron chi connectivity index (χ1n) is 6.16. The molecule has 5 heteroatoms. The molecule has 2 N–H and O–H groups in total. The van der Waals surface area contributed by atoms with Crippen molar-refractivity contribution in [3.8, 4) is 0 Å². The molecule has 1 aromatic rings. The summed E-state index contributed by atoms with van der Waals surface area (Å²) in [5.74, 6) is -0.457. The van der Waals surface area contributed by atoms with Crippen LogP contribution in [-0.2, 0) is 9.59 Å². The van der Waals surface area contributed by atoms with Gasteiger partial charge in [0.05, 0.1) is 5.69 Å². The minimum absolute atomic E-state index is 0.0396. The zero-order chi connectivity index (χ0) is 13.8. The SMILES string of the molecule is C[C@@H]1CCN(c2ccccc2/C=C/C(=O)NO)C1=O. The third-order valence-electron chi connectivity index (χ3n) is 3.23. The molecule has 100 valence electrons. The molecule has 1 heterocycles. The first kappa shape index (κ1) is 13.3. The molecule has 1 aliphatic heterocycles. The first-order chi connectivity index (χ1) is 9.13. The van der Waals surface area contributed by atoms with E-state index in [-0.39, 0.29) is 11.8 Å². The van der Waals surface area contributed by atoms with E-state index in [4.69, 9.17) is 5.21 Å². The fourth-order valence-corrected chi connectivity index (χ4v) is 2.14. The molecule has 0 aromatic heterocycles. The molecule has 19 heavy (non-hydrogen) atoms. The van der Waals surface area contributed by atoms with Crippen molar-refractivity contribution >= 4 is 23.6 Å². The molecular weight excluding hydrogens is 244 g/mol. The largest absolute Gasteiger partial charge is 0.312 e. The van der Waals surface area contributed by atoms with Crippen LogP contribution >= 0.6 is 0 Å². The van der Waals surface area contributed by atoms with E-state index in [9.17, 15) is 9.59 Å². The van der Waals surface area contributed by atoms with Gasteiger partial charge in [-0.3, -0.25) is 14.8 Å². The predicted octanol–water partition coefficient (Wildman–Crippen LogP) is 1.58. The minimum Gasteiger partial charge on any atom is -0.312 e. The van der Waals surface area contributed by atoms with Gasteiger partial charge in [-0.15, -0.1) is 0 Å². The Labute approximate surface area is 111 Å². The van der Waals surface area contributed by atoms with Gasteiger partial charge < -0.3 is 4.90 Å². The average molecular weight is 260 g/mol. The molecule has 0 unspecified atom stereocenters. The number of anilines is 1. The molecule has 1 fully saturated rings. The van der Waals surface area contributed by atoms with Crippen LogP contribution in [0.15, 0.2) is 30.3 Å². The van der Waals surface area contributed by atoms with Crippen molar-refractivity contribution in [3.05, 3.63) is 35.9 Å². The number of hydrogen-bond donors (Lipinski definition) is 2. The van der Waals surface area contributed by atoms with Gasteiger partial charge in [0, 0.05) is 18.5 Å². The molecule has 0 spiro atoms. The Morgan fingerprint density at radius 2 is 2.21 bits per heavy atom. The number of nitrogens with one attached hydrogen (secondary N) is 1. The molecule has 1 atom stereocenters. The second-order valence-electron chi connectivity index (χ2n) is 4.55. The maximum atomic E-state index is 12.0. The molecule has 1 aromatic carbocycles. The highest BCUT2D eigenvalue weighted by Crippen LogP contribution is 2.28. The molecule has 0 bridgehead atoms. The van der Waals surface area contributed by atoms with E-state index in [1.807, 2.05) is 31.2 Å². The van der Waals surface area contributed by atoms with Crippen molar-refractivity contribution < 1.29 is 14.8 Å². The lowest BCUT2D eigenvalue weighted by atomic mass is 10.1. The minimum atomic E-state index is -0.601. The summed E-state index contributed by atoms with van der Waals surface area (Å²) in [6, 6.07) is 7.37. The number of para-hydroxylation sites is 1. The molecule has 5 nitrogen and oxygen atoms in total. The van der Waals surface area contributed by atoms with Crippen molar-refractivity contribution in [2.45, 2.75) is 13.3 Å². The van der Waals surface area contributed by atoms with E-state index in [1.165, 1.54) is 11.6 Å². The quantitative estimate of drug-likeness (QED) is 0.492. The van der Waals surface area contributed by atoms with Crippen LogP contribution in [0.5, 0.6) is 0 Å². The van der Waals surface area contributed by atoms with Gasteiger partial charge in [0.1, 0.15) is 0 Å². The molecular formula is C14H16N2O3. The predicted molar refractivity (Wildman–Crippen MR) is 71.5 cm³/mol. The van der Waals surface area contributed by atoms with Gasteiger partial charge in [-0.2, -0.15) is 0 Å². The van der Waals surface area contributed by atoms with Gasteiger partial charge in [-0.1, -0.05) is 25.1 Å². The van der Waals surface area contributed by atoms with E-state index >= 15 is 0 Å². The van der Waals surface area contributed by atoms with Crippen molar-refractivity contribution in [2.75, 3.05) is 11.4 Å². The number of rotatable bonds is 3. The number of hydrogen-bond acceptors (Lipinski definition) is 3. The smallest absolute Gasteiger partial charge is 0.267 e. The Hall–Kier alpha value is -2.14. The monoisotopic (exact) mass is 260 g/mol. The summed E-state index contributed by atoms with van der Waals surface area (Å²) in [5.41, 5.74) is 3.10. The Morgan fingerprint density at radius 3 is 2.84 bits per heavy atom. The van der Waals surface area contributed by atoms with Crippen LogP contribution in [0.3, 0.4) is 0 Å². The maximum absolute atomic E-state index is 12.0. The van der Waals surface area contributed by atoms with Crippen molar-refractivity contribution in [2.24, 2.45) is 5.92 Å². The fraction of sp³-hybridized carbons (Fsp3) is 0.286. The van der Waals surface area contributed by atoms with Crippen molar-refractivity contribution in [1.82, 2.24) is 5.48 Å². The van der Waals surface area contributed by atoms with Crippen molar-refractivity contribution in [1.29, 1.82) is 0 Å². The Kier molecular flexibility index (Phi) is 3.97. The summed E-state index contributed by atoms with van der Waals surface area (Å²) in [6.45, 7) is 2.61. The Balaban J connectivity index is 2.29. The molecule has 1 aliphatic rings.